The summed E-state index contributed by atoms with van der Waals surface area (Å²) in [5.74, 6) is 0.508. The minimum Gasteiger partial charge on any atom is -0.346 e. The molecule has 2 bridgehead atoms. The van der Waals surface area contributed by atoms with E-state index in [0.29, 0.717) is 25.8 Å². The van der Waals surface area contributed by atoms with Crippen molar-refractivity contribution in [2.24, 2.45) is 22.7 Å². The molecule has 7 nitrogen and oxygen atoms in total. The van der Waals surface area contributed by atoms with Crippen LogP contribution < -0.4 is 0 Å². The van der Waals surface area contributed by atoms with Crippen molar-refractivity contribution in [3.63, 3.8) is 0 Å². The van der Waals surface area contributed by atoms with Gasteiger partial charge in [-0.25, -0.2) is 0 Å². The lowest BCUT2D eigenvalue weighted by atomic mass is 9.56. The first-order chi connectivity index (χ1) is 12.6. The summed E-state index contributed by atoms with van der Waals surface area (Å²) >= 11 is 0. The molecular formula is C20H27N3O4. The number of rotatable bonds is 0. The van der Waals surface area contributed by atoms with Gasteiger partial charge in [-0.1, -0.05) is 20.8 Å². The first-order valence-corrected chi connectivity index (χ1v) is 10.1. The van der Waals surface area contributed by atoms with Gasteiger partial charge in [0.15, 0.2) is 6.23 Å². The molecule has 7 atom stereocenters. The van der Waals surface area contributed by atoms with E-state index in [1.807, 2.05) is 30.8 Å². The quantitative estimate of drug-likeness (QED) is 0.578. The summed E-state index contributed by atoms with van der Waals surface area (Å²) in [6, 6.07) is 0. The van der Waals surface area contributed by atoms with Crippen molar-refractivity contribution in [1.29, 1.82) is 0 Å². The number of amides is 3. The third-order valence-electron chi connectivity index (χ3n) is 9.66. The van der Waals surface area contributed by atoms with Gasteiger partial charge in [-0.05, 0) is 30.1 Å². The number of piperidine rings is 2. The molecular weight excluding hydrogens is 346 g/mol. The Kier molecular flexibility index (Phi) is 2.45. The standard InChI is InChI=1S/C20H27N3O4/c1-10-6-12(24)23-9-18-8-19(13-14(27-13)21(4)15(19)25)17(2,3)11(18)7-20(10,23)16(26)22(18)5/h10-11,13-14H,6-9H2,1-5H3/t10-,11-,13?,14?,18+,19+,20+/m0/s1. The topological polar surface area (TPSA) is 73.5 Å². The molecule has 0 radical (unpaired) electrons. The fourth-order valence-electron chi connectivity index (χ4n) is 8.08. The van der Waals surface area contributed by atoms with Crippen molar-refractivity contribution < 1.29 is 19.1 Å². The third-order valence-corrected chi connectivity index (χ3v) is 9.66. The number of epoxide rings is 1. The monoisotopic (exact) mass is 373 g/mol. The Labute approximate surface area is 159 Å². The molecule has 0 aromatic rings. The van der Waals surface area contributed by atoms with E-state index in [0.717, 1.165) is 0 Å². The molecule has 27 heavy (non-hydrogen) atoms. The van der Waals surface area contributed by atoms with E-state index in [2.05, 4.69) is 13.8 Å². The molecule has 3 spiro atoms. The van der Waals surface area contributed by atoms with Gasteiger partial charge in [-0.2, -0.15) is 0 Å². The molecule has 7 rings (SSSR count). The van der Waals surface area contributed by atoms with E-state index in [-0.39, 0.29) is 47.3 Å². The number of fused-ring (bicyclic) bond motifs is 3. The predicted octanol–water partition coefficient (Wildman–Crippen LogP) is 0.438. The second-order valence-electron chi connectivity index (χ2n) is 10.5. The third kappa shape index (κ3) is 1.29. The lowest BCUT2D eigenvalue weighted by molar-refractivity contribution is -0.192. The van der Waals surface area contributed by atoms with Gasteiger partial charge in [0, 0.05) is 27.1 Å². The number of hydrogen-bond acceptors (Lipinski definition) is 4. The van der Waals surface area contributed by atoms with Gasteiger partial charge in [0.1, 0.15) is 11.6 Å². The molecule has 0 aromatic heterocycles. The minimum absolute atomic E-state index is 0.0116. The Morgan fingerprint density at radius 2 is 1.81 bits per heavy atom. The van der Waals surface area contributed by atoms with Crippen LogP contribution in [0.4, 0.5) is 0 Å². The van der Waals surface area contributed by atoms with Crippen LogP contribution in [0.5, 0.6) is 0 Å². The summed E-state index contributed by atoms with van der Waals surface area (Å²) in [6.07, 6.45) is 1.51. The van der Waals surface area contributed by atoms with Crippen molar-refractivity contribution in [3.8, 4) is 0 Å². The van der Waals surface area contributed by atoms with Crippen LogP contribution in [0.15, 0.2) is 0 Å². The van der Waals surface area contributed by atoms with Gasteiger partial charge < -0.3 is 19.4 Å². The SMILES string of the molecule is C[C@H]1CC(=O)N2C[C@]34C[C@@]5(C(=O)N(C)C6OC65)C(C)(C)[C@@H]3C[C@]12C(=O)N4C. The maximum atomic E-state index is 13.5. The number of hydrogen-bond donors (Lipinski definition) is 0. The maximum Gasteiger partial charge on any atom is 0.249 e. The van der Waals surface area contributed by atoms with E-state index in [1.165, 1.54) is 0 Å². The zero-order valence-corrected chi connectivity index (χ0v) is 16.6. The van der Waals surface area contributed by atoms with E-state index in [1.54, 1.807) is 4.90 Å². The molecule has 7 fully saturated rings. The van der Waals surface area contributed by atoms with Crippen molar-refractivity contribution >= 4 is 17.7 Å². The number of likely N-dealkylation sites (N-methyl/N-ethyl adjacent to an activating group) is 2. The highest BCUT2D eigenvalue weighted by Crippen LogP contribution is 2.75. The molecule has 2 unspecified atom stereocenters. The average molecular weight is 373 g/mol. The lowest BCUT2D eigenvalue weighted by Crippen LogP contribution is -2.80. The average Bonchev–Trinajstić information content (AvgIpc) is 3.28. The second kappa shape index (κ2) is 4.04. The maximum absolute atomic E-state index is 13.5. The molecule has 0 aromatic carbocycles. The van der Waals surface area contributed by atoms with Crippen LogP contribution in [0.1, 0.15) is 40.0 Å². The first kappa shape index (κ1) is 16.3. The van der Waals surface area contributed by atoms with Gasteiger partial charge in [0.05, 0.1) is 11.0 Å². The van der Waals surface area contributed by atoms with Crippen LogP contribution in [-0.2, 0) is 19.1 Å². The van der Waals surface area contributed by atoms with Crippen molar-refractivity contribution in [1.82, 2.24) is 14.7 Å². The minimum atomic E-state index is -0.724. The zero-order chi connectivity index (χ0) is 19.3. The van der Waals surface area contributed by atoms with E-state index >= 15 is 0 Å². The van der Waals surface area contributed by atoms with Crippen molar-refractivity contribution in [2.75, 3.05) is 20.6 Å². The van der Waals surface area contributed by atoms with Crippen LogP contribution in [0, 0.1) is 22.7 Å². The lowest BCUT2D eigenvalue weighted by Gasteiger charge is -2.64. The van der Waals surface area contributed by atoms with Crippen LogP contribution in [-0.4, -0.2) is 76.5 Å². The summed E-state index contributed by atoms with van der Waals surface area (Å²) in [5, 5.41) is 0. The Bertz CT molecular complexity index is 841. The predicted molar refractivity (Wildman–Crippen MR) is 94.1 cm³/mol. The van der Waals surface area contributed by atoms with Gasteiger partial charge in [0.25, 0.3) is 0 Å². The number of likely N-dealkylation sites (tertiary alicyclic amines) is 1. The highest BCUT2D eigenvalue weighted by molar-refractivity contribution is 5.99. The summed E-state index contributed by atoms with van der Waals surface area (Å²) in [6.45, 7) is 6.99. The molecule has 7 aliphatic rings. The Morgan fingerprint density at radius 3 is 2.44 bits per heavy atom. The molecule has 6 aliphatic heterocycles. The van der Waals surface area contributed by atoms with Crippen LogP contribution in [0.2, 0.25) is 0 Å². The molecule has 0 N–H and O–H groups in total. The Balaban J connectivity index is 1.57. The molecule has 146 valence electrons. The smallest absolute Gasteiger partial charge is 0.249 e. The van der Waals surface area contributed by atoms with Gasteiger partial charge >= 0.3 is 0 Å². The zero-order valence-electron chi connectivity index (χ0n) is 16.6. The fourth-order valence-corrected chi connectivity index (χ4v) is 8.08. The number of carbonyl (C=O) groups excluding carboxylic acids is 3. The van der Waals surface area contributed by atoms with Gasteiger partial charge in [0.2, 0.25) is 17.7 Å². The van der Waals surface area contributed by atoms with Crippen molar-refractivity contribution in [3.05, 3.63) is 0 Å². The normalized spacial score (nSPS) is 54.1. The number of piperazine rings is 1. The number of nitrogens with zero attached hydrogens (tertiary/aromatic N) is 3. The highest BCUT2D eigenvalue weighted by atomic mass is 16.6. The van der Waals surface area contributed by atoms with Gasteiger partial charge in [-0.15, -0.1) is 0 Å². The molecule has 1 aliphatic carbocycles. The van der Waals surface area contributed by atoms with Crippen LogP contribution >= 0.6 is 0 Å². The molecule has 3 amide bonds. The van der Waals surface area contributed by atoms with Crippen LogP contribution in [0.25, 0.3) is 0 Å². The second-order valence-corrected chi connectivity index (χ2v) is 10.5. The first-order valence-electron chi connectivity index (χ1n) is 10.1. The Hall–Kier alpha value is -1.63. The molecule has 6 heterocycles. The van der Waals surface area contributed by atoms with Crippen molar-refractivity contribution in [2.45, 2.75) is 63.4 Å². The van der Waals surface area contributed by atoms with Gasteiger partial charge in [-0.3, -0.25) is 14.4 Å². The summed E-state index contributed by atoms with van der Waals surface area (Å²) < 4.78 is 5.94. The fraction of sp³-hybridized carbons (Fsp3) is 0.850. The summed E-state index contributed by atoms with van der Waals surface area (Å²) in [4.78, 5) is 45.3. The van der Waals surface area contributed by atoms with E-state index in [4.69, 9.17) is 4.74 Å². The number of ether oxygens (including phenoxy) is 1. The van der Waals surface area contributed by atoms with Crippen LogP contribution in [0.3, 0.4) is 0 Å². The molecule has 1 saturated carbocycles. The largest absolute Gasteiger partial charge is 0.346 e. The molecule has 6 saturated heterocycles. The Morgan fingerprint density at radius 1 is 1.11 bits per heavy atom. The number of carbonyl (C=O) groups is 3. The van der Waals surface area contributed by atoms with E-state index in [9.17, 15) is 14.4 Å². The highest BCUT2D eigenvalue weighted by Gasteiger charge is 2.85. The van der Waals surface area contributed by atoms with E-state index < -0.39 is 16.5 Å². The molecule has 7 heteroatoms. The summed E-state index contributed by atoms with van der Waals surface area (Å²) in [7, 11) is 3.72. The summed E-state index contributed by atoms with van der Waals surface area (Å²) in [5.41, 5.74) is -2.10.